The Morgan fingerprint density at radius 3 is 2.13 bits per heavy atom. The second kappa shape index (κ2) is 6.08. The molecule has 0 atom stereocenters. The normalized spacial score (nSPS) is 10.6. The molecular weight excluding hydrogens is 286 g/mol. The van der Waals surface area contributed by atoms with E-state index in [2.05, 4.69) is 10.2 Å². The highest BCUT2D eigenvalue weighted by molar-refractivity contribution is 6.04. The Hall–Kier alpha value is -2.88. The first kappa shape index (κ1) is 15.0. The summed E-state index contributed by atoms with van der Waals surface area (Å²) in [6.07, 6.45) is 0. The van der Waals surface area contributed by atoms with E-state index in [4.69, 9.17) is 0 Å². The van der Waals surface area contributed by atoms with Crippen molar-refractivity contribution in [3.05, 3.63) is 71.4 Å². The van der Waals surface area contributed by atoms with Crippen molar-refractivity contribution in [3.63, 3.8) is 0 Å². The summed E-state index contributed by atoms with van der Waals surface area (Å²) in [5.41, 5.74) is 5.45. The second-order valence-corrected chi connectivity index (χ2v) is 5.73. The number of rotatable bonds is 3. The van der Waals surface area contributed by atoms with Crippen molar-refractivity contribution in [3.8, 4) is 11.3 Å². The number of nitrogens with zero attached hydrogens (tertiary/aromatic N) is 2. The van der Waals surface area contributed by atoms with Crippen LogP contribution in [0, 0.1) is 13.8 Å². The molecule has 0 saturated heterocycles. The Balaban J connectivity index is 1.83. The summed E-state index contributed by atoms with van der Waals surface area (Å²) >= 11 is 0. The van der Waals surface area contributed by atoms with Crippen molar-refractivity contribution in [2.24, 2.45) is 0 Å². The Morgan fingerprint density at radius 1 is 0.957 bits per heavy atom. The topological polar surface area (TPSA) is 49.0 Å². The fourth-order valence-corrected chi connectivity index (χ4v) is 2.37. The van der Waals surface area contributed by atoms with Crippen molar-refractivity contribution >= 4 is 11.6 Å². The van der Waals surface area contributed by atoms with E-state index in [9.17, 15) is 4.79 Å². The standard InChI is InChI=1S/C19H19N3O/c1-13-4-8-15(9-5-13)17-12-18(21-20-17)19(23)22(3)16-10-6-14(2)7-11-16/h4-12H,1-3H3,(H,20,21). The summed E-state index contributed by atoms with van der Waals surface area (Å²) in [5, 5.41) is 7.09. The van der Waals surface area contributed by atoms with Gasteiger partial charge < -0.3 is 4.90 Å². The number of hydrogen-bond acceptors (Lipinski definition) is 2. The molecule has 4 nitrogen and oxygen atoms in total. The van der Waals surface area contributed by atoms with Gasteiger partial charge in [0.15, 0.2) is 0 Å². The predicted octanol–water partition coefficient (Wildman–Crippen LogP) is 3.97. The average molecular weight is 305 g/mol. The number of hydrogen-bond donors (Lipinski definition) is 1. The summed E-state index contributed by atoms with van der Waals surface area (Å²) in [7, 11) is 1.76. The number of H-pyrrole nitrogens is 1. The average Bonchev–Trinajstić information content (AvgIpc) is 3.05. The molecule has 1 N–H and O–H groups in total. The lowest BCUT2D eigenvalue weighted by atomic mass is 10.1. The molecule has 3 rings (SSSR count). The van der Waals surface area contributed by atoms with Gasteiger partial charge >= 0.3 is 0 Å². The Morgan fingerprint density at radius 2 is 1.52 bits per heavy atom. The summed E-state index contributed by atoms with van der Waals surface area (Å²) in [6, 6.07) is 17.7. The summed E-state index contributed by atoms with van der Waals surface area (Å²) < 4.78 is 0. The van der Waals surface area contributed by atoms with Crippen LogP contribution in [0.3, 0.4) is 0 Å². The maximum atomic E-state index is 12.6. The fourth-order valence-electron chi connectivity index (χ4n) is 2.37. The van der Waals surface area contributed by atoms with Crippen molar-refractivity contribution in [2.45, 2.75) is 13.8 Å². The lowest BCUT2D eigenvalue weighted by Crippen LogP contribution is -2.26. The third-order valence-electron chi connectivity index (χ3n) is 3.88. The van der Waals surface area contributed by atoms with E-state index in [1.54, 1.807) is 18.0 Å². The van der Waals surface area contributed by atoms with Gasteiger partial charge in [0.2, 0.25) is 0 Å². The van der Waals surface area contributed by atoms with Crippen LogP contribution in [0.25, 0.3) is 11.3 Å². The van der Waals surface area contributed by atoms with Gasteiger partial charge in [-0.1, -0.05) is 47.5 Å². The maximum Gasteiger partial charge on any atom is 0.276 e. The van der Waals surface area contributed by atoms with E-state index in [0.717, 1.165) is 22.5 Å². The van der Waals surface area contributed by atoms with Crippen LogP contribution in [0.15, 0.2) is 54.6 Å². The van der Waals surface area contributed by atoms with E-state index in [0.29, 0.717) is 5.69 Å². The number of carbonyl (C=O) groups is 1. The van der Waals surface area contributed by atoms with Gasteiger partial charge in [0.1, 0.15) is 5.69 Å². The number of nitrogens with one attached hydrogen (secondary N) is 1. The molecule has 4 heteroatoms. The minimum absolute atomic E-state index is 0.111. The Kier molecular flexibility index (Phi) is 3.98. The fraction of sp³-hybridized carbons (Fsp3) is 0.158. The molecule has 0 spiro atoms. The number of benzene rings is 2. The number of aromatic amines is 1. The molecule has 0 aliphatic heterocycles. The minimum atomic E-state index is -0.111. The lowest BCUT2D eigenvalue weighted by molar-refractivity contribution is 0.0988. The van der Waals surface area contributed by atoms with E-state index < -0.39 is 0 Å². The number of amides is 1. The quantitative estimate of drug-likeness (QED) is 0.796. The van der Waals surface area contributed by atoms with Crippen LogP contribution in [0.4, 0.5) is 5.69 Å². The molecule has 1 amide bonds. The number of anilines is 1. The van der Waals surface area contributed by atoms with E-state index in [1.165, 1.54) is 5.56 Å². The largest absolute Gasteiger partial charge is 0.310 e. The summed E-state index contributed by atoms with van der Waals surface area (Å²) in [6.45, 7) is 4.06. The van der Waals surface area contributed by atoms with Gasteiger partial charge in [0.25, 0.3) is 5.91 Å². The highest BCUT2D eigenvalue weighted by atomic mass is 16.2. The van der Waals surface area contributed by atoms with E-state index >= 15 is 0 Å². The Labute approximate surface area is 135 Å². The predicted molar refractivity (Wildman–Crippen MR) is 92.7 cm³/mol. The van der Waals surface area contributed by atoms with Gasteiger partial charge in [-0.2, -0.15) is 5.10 Å². The molecule has 116 valence electrons. The van der Waals surface area contributed by atoms with E-state index in [1.807, 2.05) is 62.4 Å². The van der Waals surface area contributed by atoms with Crippen LogP contribution in [-0.4, -0.2) is 23.2 Å². The highest BCUT2D eigenvalue weighted by Crippen LogP contribution is 2.20. The first-order valence-corrected chi connectivity index (χ1v) is 7.52. The molecule has 0 radical (unpaired) electrons. The van der Waals surface area contributed by atoms with Crippen molar-refractivity contribution in [1.82, 2.24) is 10.2 Å². The maximum absolute atomic E-state index is 12.6. The van der Waals surface area contributed by atoms with Crippen molar-refractivity contribution in [1.29, 1.82) is 0 Å². The van der Waals surface area contributed by atoms with Crippen LogP contribution in [0.2, 0.25) is 0 Å². The van der Waals surface area contributed by atoms with Crippen LogP contribution in [0.1, 0.15) is 21.6 Å². The molecule has 0 aliphatic carbocycles. The molecule has 1 aromatic heterocycles. The van der Waals surface area contributed by atoms with Gasteiger partial charge in [0.05, 0.1) is 5.69 Å². The van der Waals surface area contributed by atoms with Crippen LogP contribution < -0.4 is 4.90 Å². The molecular formula is C19H19N3O. The third-order valence-corrected chi connectivity index (χ3v) is 3.88. The molecule has 0 unspecified atom stereocenters. The second-order valence-electron chi connectivity index (χ2n) is 5.73. The molecule has 1 heterocycles. The van der Waals surface area contributed by atoms with Gasteiger partial charge in [-0.25, -0.2) is 0 Å². The molecule has 23 heavy (non-hydrogen) atoms. The van der Waals surface area contributed by atoms with Gasteiger partial charge in [-0.3, -0.25) is 9.89 Å². The molecule has 2 aromatic carbocycles. The number of aryl methyl sites for hydroxylation is 2. The number of carbonyl (C=O) groups excluding carboxylic acids is 1. The number of aromatic nitrogens is 2. The van der Waals surface area contributed by atoms with Crippen LogP contribution in [0.5, 0.6) is 0 Å². The van der Waals surface area contributed by atoms with Gasteiger partial charge in [-0.15, -0.1) is 0 Å². The SMILES string of the molecule is Cc1ccc(-c2cc(C(=O)N(C)c3ccc(C)cc3)[nH]n2)cc1. The molecule has 0 saturated carbocycles. The first-order valence-electron chi connectivity index (χ1n) is 7.52. The zero-order chi connectivity index (χ0) is 16.4. The van der Waals surface area contributed by atoms with E-state index in [-0.39, 0.29) is 5.91 Å². The first-order chi connectivity index (χ1) is 11.0. The smallest absolute Gasteiger partial charge is 0.276 e. The monoisotopic (exact) mass is 305 g/mol. The third kappa shape index (κ3) is 3.16. The summed E-state index contributed by atoms with van der Waals surface area (Å²) in [5.74, 6) is -0.111. The van der Waals surface area contributed by atoms with Gasteiger partial charge in [0, 0.05) is 18.3 Å². The summed E-state index contributed by atoms with van der Waals surface area (Å²) in [4.78, 5) is 14.2. The zero-order valence-corrected chi connectivity index (χ0v) is 13.5. The van der Waals surface area contributed by atoms with Crippen LogP contribution in [-0.2, 0) is 0 Å². The minimum Gasteiger partial charge on any atom is -0.310 e. The molecule has 0 aliphatic rings. The highest BCUT2D eigenvalue weighted by Gasteiger charge is 2.16. The van der Waals surface area contributed by atoms with Crippen molar-refractivity contribution < 1.29 is 4.79 Å². The Bertz CT molecular complexity index is 817. The molecule has 0 bridgehead atoms. The van der Waals surface area contributed by atoms with Crippen molar-refractivity contribution in [2.75, 3.05) is 11.9 Å². The molecule has 3 aromatic rings. The lowest BCUT2D eigenvalue weighted by Gasteiger charge is -2.16. The zero-order valence-electron chi connectivity index (χ0n) is 13.5. The van der Waals surface area contributed by atoms with Gasteiger partial charge in [-0.05, 0) is 32.0 Å². The van der Waals surface area contributed by atoms with Crippen LogP contribution >= 0.6 is 0 Å². The molecule has 0 fully saturated rings.